The van der Waals surface area contributed by atoms with Crippen LogP contribution in [0.1, 0.15) is 12.0 Å². The SMILES string of the molecule is NCCC(=O)NC(Cc1ccccc1)CN1CCOCC1. The van der Waals surface area contributed by atoms with Gasteiger partial charge in [-0.1, -0.05) is 30.3 Å². The average Bonchev–Trinajstić information content (AvgIpc) is 2.49. The first-order chi connectivity index (χ1) is 10.3. The van der Waals surface area contributed by atoms with Gasteiger partial charge in [0, 0.05) is 38.6 Å². The van der Waals surface area contributed by atoms with Gasteiger partial charge >= 0.3 is 0 Å². The largest absolute Gasteiger partial charge is 0.379 e. The Morgan fingerprint density at radius 1 is 1.29 bits per heavy atom. The topological polar surface area (TPSA) is 67.6 Å². The first-order valence-electron chi connectivity index (χ1n) is 7.61. The number of carbonyl (C=O) groups is 1. The highest BCUT2D eigenvalue weighted by molar-refractivity contribution is 5.76. The summed E-state index contributed by atoms with van der Waals surface area (Å²) in [5, 5.41) is 3.11. The Morgan fingerprint density at radius 2 is 2.00 bits per heavy atom. The number of nitrogens with two attached hydrogens (primary N) is 1. The Bertz CT molecular complexity index is 419. The summed E-state index contributed by atoms with van der Waals surface area (Å²) in [7, 11) is 0. The zero-order valence-corrected chi connectivity index (χ0v) is 12.5. The van der Waals surface area contributed by atoms with Gasteiger partial charge in [0.05, 0.1) is 13.2 Å². The van der Waals surface area contributed by atoms with E-state index in [1.807, 2.05) is 18.2 Å². The van der Waals surface area contributed by atoms with Gasteiger partial charge in [-0.15, -0.1) is 0 Å². The van der Waals surface area contributed by atoms with Crippen molar-refractivity contribution in [1.29, 1.82) is 0 Å². The summed E-state index contributed by atoms with van der Waals surface area (Å²) in [6, 6.07) is 10.4. The minimum Gasteiger partial charge on any atom is -0.379 e. The second-order valence-corrected chi connectivity index (χ2v) is 5.41. The molecular formula is C16H25N3O2. The highest BCUT2D eigenvalue weighted by atomic mass is 16.5. The molecule has 1 heterocycles. The number of rotatable bonds is 7. The lowest BCUT2D eigenvalue weighted by Gasteiger charge is -2.31. The summed E-state index contributed by atoms with van der Waals surface area (Å²) < 4.78 is 5.37. The molecule has 1 unspecified atom stereocenters. The lowest BCUT2D eigenvalue weighted by molar-refractivity contribution is -0.121. The summed E-state index contributed by atoms with van der Waals surface area (Å²) >= 11 is 0. The molecular weight excluding hydrogens is 266 g/mol. The van der Waals surface area contributed by atoms with E-state index < -0.39 is 0 Å². The van der Waals surface area contributed by atoms with E-state index in [1.165, 1.54) is 5.56 Å². The molecule has 3 N–H and O–H groups in total. The van der Waals surface area contributed by atoms with Gasteiger partial charge in [0.25, 0.3) is 0 Å². The minimum absolute atomic E-state index is 0.0340. The standard InChI is InChI=1S/C16H25N3O2/c17-7-6-16(20)18-15(12-14-4-2-1-3-5-14)13-19-8-10-21-11-9-19/h1-5,15H,6-13,17H2,(H,18,20). The minimum atomic E-state index is 0.0340. The van der Waals surface area contributed by atoms with Gasteiger partial charge < -0.3 is 15.8 Å². The Labute approximate surface area is 126 Å². The highest BCUT2D eigenvalue weighted by Gasteiger charge is 2.18. The molecule has 0 saturated carbocycles. The number of hydrogen-bond donors (Lipinski definition) is 2. The normalized spacial score (nSPS) is 17.4. The molecule has 1 aromatic carbocycles. The fourth-order valence-electron chi connectivity index (χ4n) is 2.59. The average molecular weight is 291 g/mol. The van der Waals surface area contributed by atoms with Gasteiger partial charge in [0.15, 0.2) is 0 Å². The molecule has 1 atom stereocenters. The van der Waals surface area contributed by atoms with Crippen LogP contribution < -0.4 is 11.1 Å². The monoisotopic (exact) mass is 291 g/mol. The van der Waals surface area contributed by atoms with Crippen LogP contribution in [0.15, 0.2) is 30.3 Å². The van der Waals surface area contributed by atoms with E-state index in [0.29, 0.717) is 13.0 Å². The number of nitrogens with one attached hydrogen (secondary N) is 1. The number of nitrogens with zero attached hydrogens (tertiary/aromatic N) is 1. The molecule has 1 aliphatic heterocycles. The van der Waals surface area contributed by atoms with Crippen LogP contribution in [0.4, 0.5) is 0 Å². The maximum atomic E-state index is 11.9. The van der Waals surface area contributed by atoms with Gasteiger partial charge in [-0.05, 0) is 12.0 Å². The molecule has 1 saturated heterocycles. The molecule has 116 valence electrons. The molecule has 21 heavy (non-hydrogen) atoms. The molecule has 5 heteroatoms. The maximum Gasteiger partial charge on any atom is 0.221 e. The van der Waals surface area contributed by atoms with Crippen molar-refractivity contribution in [2.24, 2.45) is 5.73 Å². The predicted octanol–water partition coefficient (Wildman–Crippen LogP) is 0.395. The van der Waals surface area contributed by atoms with Crippen molar-refractivity contribution in [3.05, 3.63) is 35.9 Å². The third kappa shape index (κ3) is 5.83. The number of hydrogen-bond acceptors (Lipinski definition) is 4. The van der Waals surface area contributed by atoms with E-state index in [0.717, 1.165) is 39.3 Å². The molecule has 0 spiro atoms. The first kappa shape index (κ1) is 15.9. The number of ether oxygens (including phenoxy) is 1. The highest BCUT2D eigenvalue weighted by Crippen LogP contribution is 2.06. The molecule has 1 fully saturated rings. The van der Waals surface area contributed by atoms with Gasteiger partial charge in [-0.3, -0.25) is 9.69 Å². The molecule has 1 aromatic rings. The first-order valence-corrected chi connectivity index (χ1v) is 7.61. The van der Waals surface area contributed by atoms with Gasteiger partial charge in [-0.25, -0.2) is 0 Å². The third-order valence-electron chi connectivity index (χ3n) is 3.64. The third-order valence-corrected chi connectivity index (χ3v) is 3.64. The van der Waals surface area contributed by atoms with Crippen LogP contribution in [0.25, 0.3) is 0 Å². The Hall–Kier alpha value is -1.43. The summed E-state index contributed by atoms with van der Waals surface area (Å²) in [4.78, 5) is 14.2. The van der Waals surface area contributed by atoms with Crippen molar-refractivity contribution < 1.29 is 9.53 Å². The Kier molecular flexibility index (Phi) is 6.66. The van der Waals surface area contributed by atoms with E-state index in [1.54, 1.807) is 0 Å². The second-order valence-electron chi connectivity index (χ2n) is 5.41. The molecule has 2 rings (SSSR count). The number of benzene rings is 1. The van der Waals surface area contributed by atoms with Crippen LogP contribution in [0.5, 0.6) is 0 Å². The Balaban J connectivity index is 1.93. The summed E-state index contributed by atoms with van der Waals surface area (Å²) in [5.74, 6) is 0.0340. The second kappa shape index (κ2) is 8.77. The van der Waals surface area contributed by atoms with Crippen LogP contribution in [0.2, 0.25) is 0 Å². The molecule has 0 aliphatic carbocycles. The molecule has 0 bridgehead atoms. The fraction of sp³-hybridized carbons (Fsp3) is 0.562. The lowest BCUT2D eigenvalue weighted by atomic mass is 10.0. The van der Waals surface area contributed by atoms with Crippen LogP contribution in [0.3, 0.4) is 0 Å². The molecule has 1 aliphatic rings. The van der Waals surface area contributed by atoms with Gasteiger partial charge in [0.1, 0.15) is 0 Å². The van der Waals surface area contributed by atoms with Crippen LogP contribution in [-0.4, -0.2) is 56.2 Å². The van der Waals surface area contributed by atoms with Crippen molar-refractivity contribution in [2.75, 3.05) is 39.4 Å². The molecule has 1 amide bonds. The van der Waals surface area contributed by atoms with E-state index in [2.05, 4.69) is 22.3 Å². The number of morpholine rings is 1. The number of amides is 1. The van der Waals surface area contributed by atoms with E-state index in [-0.39, 0.29) is 11.9 Å². The van der Waals surface area contributed by atoms with Crippen molar-refractivity contribution in [3.8, 4) is 0 Å². The summed E-state index contributed by atoms with van der Waals surface area (Å²) in [6.07, 6.45) is 1.23. The maximum absolute atomic E-state index is 11.9. The van der Waals surface area contributed by atoms with Crippen LogP contribution in [-0.2, 0) is 16.0 Å². The van der Waals surface area contributed by atoms with Crippen molar-refractivity contribution in [3.63, 3.8) is 0 Å². The molecule has 0 aromatic heterocycles. The van der Waals surface area contributed by atoms with E-state index in [9.17, 15) is 4.79 Å². The van der Waals surface area contributed by atoms with Crippen LogP contribution in [0, 0.1) is 0 Å². The van der Waals surface area contributed by atoms with Crippen molar-refractivity contribution in [2.45, 2.75) is 18.9 Å². The summed E-state index contributed by atoms with van der Waals surface area (Å²) in [6.45, 7) is 4.65. The Morgan fingerprint density at radius 3 is 2.67 bits per heavy atom. The number of carbonyl (C=O) groups excluding carboxylic acids is 1. The smallest absolute Gasteiger partial charge is 0.221 e. The molecule has 5 nitrogen and oxygen atoms in total. The zero-order valence-electron chi connectivity index (χ0n) is 12.5. The summed E-state index contributed by atoms with van der Waals surface area (Å²) in [5.41, 5.74) is 6.69. The van der Waals surface area contributed by atoms with Crippen LogP contribution >= 0.6 is 0 Å². The fourth-order valence-corrected chi connectivity index (χ4v) is 2.59. The lowest BCUT2D eigenvalue weighted by Crippen LogP contribution is -2.48. The van der Waals surface area contributed by atoms with Gasteiger partial charge in [-0.2, -0.15) is 0 Å². The zero-order chi connectivity index (χ0) is 14.9. The molecule has 0 radical (unpaired) electrons. The quantitative estimate of drug-likeness (QED) is 0.763. The van der Waals surface area contributed by atoms with E-state index in [4.69, 9.17) is 10.5 Å². The van der Waals surface area contributed by atoms with E-state index >= 15 is 0 Å². The predicted molar refractivity (Wildman–Crippen MR) is 83.0 cm³/mol. The van der Waals surface area contributed by atoms with Crippen molar-refractivity contribution >= 4 is 5.91 Å². The van der Waals surface area contributed by atoms with Gasteiger partial charge in [0.2, 0.25) is 5.91 Å². The van der Waals surface area contributed by atoms with Crippen molar-refractivity contribution in [1.82, 2.24) is 10.2 Å².